The lowest BCUT2D eigenvalue weighted by Crippen LogP contribution is -2.82. The van der Waals surface area contributed by atoms with Crippen LogP contribution in [0.4, 0.5) is 16.2 Å². The standard InChI is InChI=1S/C61H65N3O24/c1-29-38(27-61(78)51(87-54(75)34-21-15-10-16-22-34)49-59(6,39(67)26-40-60(49,28-81-40)88-31(3)66)50(71)46(82-30(2)65)41(29)58(61,4)5)83-55(76)47(42(32-17-11-8-12-18-32)62-52(72)33-19-13-9-14-20-33)86-57(77)63(7)36-25-35(64(79)80)23-24-37(36)84-56-45(70)43(68)44(69)48(85-56)53(73)74/h8-25,38-40,42-49,51,56,67-70,78H,26-28H2,1-7H3,(H,62,72)(H,73,74)/t38-,39-,40+,42-,43-,44-,45+,46+,47+,48-,49?,51-,56+,59+,60-,61+/m0/s1. The van der Waals surface area contributed by atoms with E-state index in [0.717, 1.165) is 39.1 Å². The Hall–Kier alpha value is -8.70. The number of fused-ring (bicyclic) bond motifs is 5. The van der Waals surface area contributed by atoms with Gasteiger partial charge in [-0.2, -0.15) is 0 Å². The average molecular weight is 1220 g/mol. The maximum Gasteiger partial charge on any atom is 0.415 e. The van der Waals surface area contributed by atoms with Gasteiger partial charge in [-0.25, -0.2) is 19.2 Å². The lowest BCUT2D eigenvalue weighted by atomic mass is 9.44. The number of Topliss-reactive ketones (excluding diaryl/α,β-unsaturated/α-hetero) is 1. The van der Waals surface area contributed by atoms with Gasteiger partial charge >= 0.3 is 35.9 Å². The molecule has 4 aromatic carbocycles. The Balaban J connectivity index is 1.19. The number of benzene rings is 4. The first-order chi connectivity index (χ1) is 41.5. The summed E-state index contributed by atoms with van der Waals surface area (Å²) in [5.41, 5.74) is -10.1. The van der Waals surface area contributed by atoms with Crippen molar-refractivity contribution in [2.24, 2.45) is 16.7 Å². The Morgan fingerprint density at radius 2 is 1.42 bits per heavy atom. The zero-order chi connectivity index (χ0) is 64.1. The highest BCUT2D eigenvalue weighted by molar-refractivity contribution is 5.97. The van der Waals surface area contributed by atoms with Crippen molar-refractivity contribution in [2.75, 3.05) is 18.6 Å². The quantitative estimate of drug-likeness (QED) is 0.0278. The van der Waals surface area contributed by atoms with Gasteiger partial charge < -0.3 is 73.9 Å². The maximum atomic E-state index is 15.9. The largest absolute Gasteiger partial charge is 0.479 e. The third kappa shape index (κ3) is 11.3. The molecule has 0 radical (unpaired) electrons. The minimum atomic E-state index is -2.65. The van der Waals surface area contributed by atoms with Gasteiger partial charge in [0.15, 0.2) is 23.6 Å². The fraction of sp³-hybridized carbons (Fsp3) is 0.443. The van der Waals surface area contributed by atoms with E-state index in [9.17, 15) is 69.5 Å². The van der Waals surface area contributed by atoms with Crippen molar-refractivity contribution >= 4 is 59.0 Å². The van der Waals surface area contributed by atoms with Crippen molar-refractivity contribution < 1.29 is 112 Å². The fourth-order valence-electron chi connectivity index (χ4n) is 12.8. The van der Waals surface area contributed by atoms with Crippen LogP contribution in [0.3, 0.4) is 0 Å². The molecular formula is C61H65N3O24. The molecule has 7 N–H and O–H groups in total. The smallest absolute Gasteiger partial charge is 0.415 e. The number of nitro benzene ring substituents is 1. The minimum absolute atomic E-state index is 0.0391. The van der Waals surface area contributed by atoms with Crippen molar-refractivity contribution in [1.29, 1.82) is 0 Å². The molecule has 5 aliphatic rings. The zero-order valence-electron chi connectivity index (χ0n) is 48.4. The molecule has 16 atom stereocenters. The number of ether oxygens (including phenoxy) is 8. The van der Waals surface area contributed by atoms with Gasteiger partial charge in [-0.3, -0.25) is 34.2 Å². The van der Waals surface area contributed by atoms with Crippen LogP contribution >= 0.6 is 0 Å². The summed E-state index contributed by atoms with van der Waals surface area (Å²) in [6.07, 6.45) is -24.6. The summed E-state index contributed by atoms with van der Waals surface area (Å²) < 4.78 is 48.0. The van der Waals surface area contributed by atoms with E-state index in [1.807, 2.05) is 0 Å². The van der Waals surface area contributed by atoms with Crippen LogP contribution in [0.15, 0.2) is 120 Å². The number of aliphatic carboxylic acids is 1. The molecular weight excluding hydrogens is 1160 g/mol. The number of hydrogen-bond acceptors (Lipinski definition) is 23. The number of carbonyl (C=O) groups is 8. The van der Waals surface area contributed by atoms with Gasteiger partial charge in [0.2, 0.25) is 12.4 Å². The molecule has 3 aliphatic carbocycles. The highest BCUT2D eigenvalue weighted by atomic mass is 16.7. The summed E-state index contributed by atoms with van der Waals surface area (Å²) in [5, 5.41) is 83.0. The van der Waals surface area contributed by atoms with Crippen molar-refractivity contribution in [3.63, 3.8) is 0 Å². The third-order valence-corrected chi connectivity index (χ3v) is 17.5. The van der Waals surface area contributed by atoms with Crippen LogP contribution in [0.2, 0.25) is 0 Å². The number of nitrogens with zero attached hydrogens (tertiary/aromatic N) is 2. The summed E-state index contributed by atoms with van der Waals surface area (Å²) in [4.78, 5) is 126. The molecule has 1 unspecified atom stereocenters. The fourth-order valence-corrected chi connectivity index (χ4v) is 12.8. The highest BCUT2D eigenvalue weighted by Crippen LogP contribution is 2.64. The number of ketones is 1. The number of amides is 2. The van der Waals surface area contributed by atoms with Crippen molar-refractivity contribution in [3.8, 4) is 5.75 Å². The van der Waals surface area contributed by atoms with Gasteiger partial charge in [-0.15, -0.1) is 0 Å². The molecule has 2 bridgehead atoms. The number of nitro groups is 1. The Labute approximate surface area is 501 Å². The molecule has 2 saturated heterocycles. The number of non-ortho nitro benzene ring substituents is 1. The monoisotopic (exact) mass is 1220 g/mol. The second-order valence-electron chi connectivity index (χ2n) is 23.0. The predicted octanol–water partition coefficient (Wildman–Crippen LogP) is 3.20. The normalized spacial score (nSPS) is 31.0. The number of anilines is 1. The van der Waals surface area contributed by atoms with Crippen LogP contribution in [0.1, 0.15) is 86.7 Å². The molecule has 4 aromatic rings. The maximum absolute atomic E-state index is 15.9. The van der Waals surface area contributed by atoms with E-state index in [1.165, 1.54) is 88.4 Å². The van der Waals surface area contributed by atoms with Gasteiger partial charge in [-0.05, 0) is 60.9 Å². The second kappa shape index (κ2) is 24.5. The van der Waals surface area contributed by atoms with E-state index in [2.05, 4.69) is 5.32 Å². The first-order valence-electron chi connectivity index (χ1n) is 27.8. The Bertz CT molecular complexity index is 3440. The predicted molar refractivity (Wildman–Crippen MR) is 298 cm³/mol. The van der Waals surface area contributed by atoms with Crippen LogP contribution in [0.5, 0.6) is 5.75 Å². The summed E-state index contributed by atoms with van der Waals surface area (Å²) in [5.74, 6) is -10.4. The third-order valence-electron chi connectivity index (χ3n) is 17.5. The van der Waals surface area contributed by atoms with Crippen LogP contribution < -0.4 is 15.0 Å². The van der Waals surface area contributed by atoms with E-state index in [0.29, 0.717) is 4.90 Å². The van der Waals surface area contributed by atoms with E-state index >= 15 is 9.59 Å². The van der Waals surface area contributed by atoms with Crippen LogP contribution in [0.25, 0.3) is 0 Å². The van der Waals surface area contributed by atoms with Crippen LogP contribution in [-0.2, 0) is 57.1 Å². The van der Waals surface area contributed by atoms with Gasteiger partial charge in [0.25, 0.3) is 11.6 Å². The Morgan fingerprint density at radius 1 is 0.807 bits per heavy atom. The summed E-state index contributed by atoms with van der Waals surface area (Å²) in [6, 6.07) is 23.5. The van der Waals surface area contributed by atoms with E-state index < -0.39 is 184 Å². The van der Waals surface area contributed by atoms with Crippen molar-refractivity contribution in [1.82, 2.24) is 5.32 Å². The average Bonchev–Trinajstić information content (AvgIpc) is 0.679. The number of aliphatic hydroxyl groups is 5. The number of aliphatic hydroxyl groups excluding tert-OH is 4. The Morgan fingerprint density at radius 3 is 1.99 bits per heavy atom. The lowest BCUT2D eigenvalue weighted by molar-refractivity contribution is -0.384. The second-order valence-corrected chi connectivity index (χ2v) is 23.0. The van der Waals surface area contributed by atoms with Crippen molar-refractivity contribution in [2.45, 2.75) is 139 Å². The zero-order valence-corrected chi connectivity index (χ0v) is 48.4. The number of carboxylic acid groups (broad SMARTS) is 1. The molecule has 4 fully saturated rings. The number of carbonyl (C=O) groups excluding carboxylic acids is 7. The molecule has 2 amide bonds. The van der Waals surface area contributed by atoms with Gasteiger partial charge in [0, 0.05) is 56.8 Å². The van der Waals surface area contributed by atoms with E-state index in [4.69, 9.17) is 37.9 Å². The number of esters is 4. The van der Waals surface area contributed by atoms with Crippen LogP contribution in [-0.4, -0.2) is 175 Å². The molecule has 2 saturated carbocycles. The molecule has 468 valence electrons. The Kier molecular flexibility index (Phi) is 17.7. The molecule has 0 spiro atoms. The highest BCUT2D eigenvalue weighted by Gasteiger charge is 2.78. The first kappa shape index (κ1) is 63.8. The molecule has 27 heteroatoms. The minimum Gasteiger partial charge on any atom is -0.479 e. The van der Waals surface area contributed by atoms with Gasteiger partial charge in [0.05, 0.1) is 40.2 Å². The summed E-state index contributed by atoms with van der Waals surface area (Å²) in [6.45, 7) is 7.27. The van der Waals surface area contributed by atoms with E-state index in [-0.39, 0.29) is 34.3 Å². The SMILES string of the molecule is CC(=O)O[C@H]1C(=O)[C@@]2(C)C([C@H](OC(=O)c3ccccc3)[C@]3(O)C[C@H](OC(=O)[C@H](OC(=O)N(C)c4cc([N+](=O)[O-])ccc4O[C@@H]4O[C@H](C(=O)O)[C@@H](O)[C@H](O)[C@H]4O)[C@@H](NC(=O)c4ccccc4)c4ccccc4)C(C)=C1C3(C)C)[C@]1(OC(C)=O)CO[C@@H]1C[C@@H]2O. The van der Waals surface area contributed by atoms with E-state index in [1.54, 1.807) is 30.3 Å². The topological polar surface area (TPSA) is 390 Å². The first-order valence-corrected chi connectivity index (χ1v) is 27.8. The molecule has 2 heterocycles. The van der Waals surface area contributed by atoms with Gasteiger partial charge in [-0.1, -0.05) is 80.6 Å². The lowest BCUT2D eigenvalue weighted by Gasteiger charge is -2.67. The van der Waals surface area contributed by atoms with Crippen LogP contribution in [0, 0.1) is 26.9 Å². The molecule has 9 rings (SSSR count). The molecule has 0 aromatic heterocycles. The number of nitrogens with one attached hydrogen (secondary N) is 1. The van der Waals surface area contributed by atoms with Crippen molar-refractivity contribution in [3.05, 3.63) is 147 Å². The molecule has 2 aliphatic heterocycles. The summed E-state index contributed by atoms with van der Waals surface area (Å²) >= 11 is 0. The number of carboxylic acids is 1. The molecule has 88 heavy (non-hydrogen) atoms. The number of rotatable bonds is 16. The summed E-state index contributed by atoms with van der Waals surface area (Å²) in [7, 11) is 0.994. The number of hydrogen-bond donors (Lipinski definition) is 7. The van der Waals surface area contributed by atoms with Gasteiger partial charge in [0.1, 0.15) is 54.0 Å². The molecule has 27 nitrogen and oxygen atoms in total.